The quantitative estimate of drug-likeness (QED) is 0.774. The molecule has 1 amide bonds. The molecule has 1 saturated heterocycles. The van der Waals surface area contributed by atoms with Crippen molar-refractivity contribution in [2.24, 2.45) is 5.73 Å². The number of hydrogen-bond donors (Lipinski definition) is 3. The third kappa shape index (κ3) is 3.17. The fourth-order valence-electron chi connectivity index (χ4n) is 1.96. The highest BCUT2D eigenvalue weighted by atomic mass is 79.9. The van der Waals surface area contributed by atoms with Gasteiger partial charge in [-0.05, 0) is 47.0 Å². The van der Waals surface area contributed by atoms with Crippen molar-refractivity contribution in [1.29, 1.82) is 0 Å². The lowest BCUT2D eigenvalue weighted by molar-refractivity contribution is -0.124. The third-order valence-corrected chi connectivity index (χ3v) is 3.99. The monoisotopic (exact) mass is 342 g/mol. The maximum absolute atomic E-state index is 12.3. The van der Waals surface area contributed by atoms with Crippen LogP contribution in [0.5, 0.6) is 0 Å². The Labute approximate surface area is 124 Å². The van der Waals surface area contributed by atoms with Crippen molar-refractivity contribution >= 4 is 33.5 Å². The Morgan fingerprint density at radius 3 is 2.60 bits per heavy atom. The Kier molecular flexibility index (Phi) is 4.42. The van der Waals surface area contributed by atoms with Crippen LogP contribution >= 0.6 is 15.9 Å². The molecule has 6 nitrogen and oxygen atoms in total. The summed E-state index contributed by atoms with van der Waals surface area (Å²) in [7, 11) is 0. The van der Waals surface area contributed by atoms with Crippen LogP contribution in [0.4, 0.5) is 5.69 Å². The molecule has 0 spiro atoms. The molecule has 1 aromatic carbocycles. The normalized spacial score (nSPS) is 17.5. The van der Waals surface area contributed by atoms with Gasteiger partial charge < -0.3 is 20.9 Å². The van der Waals surface area contributed by atoms with Gasteiger partial charge in [-0.3, -0.25) is 4.79 Å². The predicted octanol–water partition coefficient (Wildman–Crippen LogP) is 1.59. The lowest BCUT2D eigenvalue weighted by Crippen LogP contribution is -2.54. The highest BCUT2D eigenvalue weighted by molar-refractivity contribution is 9.10. The van der Waals surface area contributed by atoms with Crippen LogP contribution in [0.1, 0.15) is 23.2 Å². The number of carbonyl (C=O) groups excluding carboxylic acids is 1. The van der Waals surface area contributed by atoms with Gasteiger partial charge in [-0.25, -0.2) is 4.79 Å². The number of nitrogens with two attached hydrogens (primary N) is 1. The molecule has 2 rings (SSSR count). The molecule has 0 saturated carbocycles. The van der Waals surface area contributed by atoms with Gasteiger partial charge in [0.2, 0.25) is 5.91 Å². The molecule has 1 aliphatic heterocycles. The van der Waals surface area contributed by atoms with Gasteiger partial charge in [-0.2, -0.15) is 0 Å². The average Bonchev–Trinajstić information content (AvgIpc) is 2.41. The Morgan fingerprint density at radius 2 is 2.00 bits per heavy atom. The summed E-state index contributed by atoms with van der Waals surface area (Å²) in [6.45, 7) is 0.889. The number of aromatic carboxylic acids is 1. The number of anilines is 1. The van der Waals surface area contributed by atoms with Crippen molar-refractivity contribution in [2.45, 2.75) is 18.4 Å². The predicted molar refractivity (Wildman–Crippen MR) is 76.7 cm³/mol. The van der Waals surface area contributed by atoms with E-state index in [2.05, 4.69) is 21.2 Å². The van der Waals surface area contributed by atoms with Gasteiger partial charge in [0.15, 0.2) is 0 Å². The van der Waals surface area contributed by atoms with E-state index in [4.69, 9.17) is 15.6 Å². The van der Waals surface area contributed by atoms with Crippen LogP contribution in [0, 0.1) is 0 Å². The first-order valence-corrected chi connectivity index (χ1v) is 6.93. The highest BCUT2D eigenvalue weighted by Crippen LogP contribution is 2.26. The van der Waals surface area contributed by atoms with E-state index < -0.39 is 11.5 Å². The summed E-state index contributed by atoms with van der Waals surface area (Å²) in [5.74, 6) is -1.38. The number of carboxylic acid groups (broad SMARTS) is 1. The van der Waals surface area contributed by atoms with Crippen LogP contribution in [0.3, 0.4) is 0 Å². The number of carbonyl (C=O) groups is 2. The van der Waals surface area contributed by atoms with E-state index in [1.54, 1.807) is 6.07 Å². The largest absolute Gasteiger partial charge is 0.478 e. The first-order valence-electron chi connectivity index (χ1n) is 6.13. The molecule has 1 aromatic rings. The second kappa shape index (κ2) is 5.90. The zero-order chi connectivity index (χ0) is 14.8. The van der Waals surface area contributed by atoms with Gasteiger partial charge in [0.05, 0.1) is 11.3 Å². The van der Waals surface area contributed by atoms with E-state index in [1.807, 2.05) is 0 Å². The standard InChI is InChI=1S/C13H15BrN2O4/c14-9-2-1-8(11(17)18)7-10(9)16-12(19)13(15)3-5-20-6-4-13/h1-2,7H,3-6,15H2,(H,16,19)(H,17,18). The van der Waals surface area contributed by atoms with Crippen molar-refractivity contribution < 1.29 is 19.4 Å². The van der Waals surface area contributed by atoms with Crippen molar-refractivity contribution in [3.63, 3.8) is 0 Å². The number of carboxylic acids is 1. The highest BCUT2D eigenvalue weighted by Gasteiger charge is 2.36. The maximum atomic E-state index is 12.3. The molecular formula is C13H15BrN2O4. The molecule has 4 N–H and O–H groups in total. The van der Waals surface area contributed by atoms with Gasteiger partial charge in [0.25, 0.3) is 0 Å². The summed E-state index contributed by atoms with van der Waals surface area (Å²) >= 11 is 3.28. The third-order valence-electron chi connectivity index (χ3n) is 3.30. The number of ether oxygens (including phenoxy) is 1. The molecule has 1 fully saturated rings. The van der Waals surface area contributed by atoms with Gasteiger partial charge in [0, 0.05) is 17.7 Å². The second-order valence-corrected chi connectivity index (χ2v) is 5.58. The summed E-state index contributed by atoms with van der Waals surface area (Å²) < 4.78 is 5.80. The second-order valence-electron chi connectivity index (χ2n) is 4.72. The van der Waals surface area contributed by atoms with Crippen LogP contribution in [-0.2, 0) is 9.53 Å². The lowest BCUT2D eigenvalue weighted by atomic mass is 9.90. The van der Waals surface area contributed by atoms with Crippen molar-refractivity contribution in [1.82, 2.24) is 0 Å². The number of nitrogens with one attached hydrogen (secondary N) is 1. The zero-order valence-corrected chi connectivity index (χ0v) is 12.3. The minimum atomic E-state index is -1.05. The SMILES string of the molecule is NC1(C(=O)Nc2cc(C(=O)O)ccc2Br)CCOCC1. The Bertz CT molecular complexity index is 541. The summed E-state index contributed by atoms with van der Waals surface area (Å²) in [5.41, 5.74) is 5.59. The van der Waals surface area contributed by atoms with Crippen molar-refractivity contribution in [3.8, 4) is 0 Å². The van der Waals surface area contributed by atoms with Crippen LogP contribution < -0.4 is 11.1 Å². The molecule has 0 unspecified atom stereocenters. The number of rotatable bonds is 3. The molecule has 1 aliphatic rings. The topological polar surface area (TPSA) is 102 Å². The molecule has 0 radical (unpaired) electrons. The number of halogens is 1. The van der Waals surface area contributed by atoms with E-state index >= 15 is 0 Å². The molecule has 0 aromatic heterocycles. The summed E-state index contributed by atoms with van der Waals surface area (Å²) in [5, 5.41) is 11.7. The molecule has 7 heteroatoms. The molecule has 0 aliphatic carbocycles. The van der Waals surface area contributed by atoms with Crippen molar-refractivity contribution in [2.75, 3.05) is 18.5 Å². The minimum Gasteiger partial charge on any atom is -0.478 e. The van der Waals surface area contributed by atoms with Gasteiger partial charge in [-0.15, -0.1) is 0 Å². The summed E-state index contributed by atoms with van der Waals surface area (Å²) in [4.78, 5) is 23.2. The molecular weight excluding hydrogens is 328 g/mol. The van der Waals surface area contributed by atoms with Crippen LogP contribution in [-0.4, -0.2) is 35.7 Å². The fraction of sp³-hybridized carbons (Fsp3) is 0.385. The molecule has 1 heterocycles. The van der Waals surface area contributed by atoms with E-state index in [1.165, 1.54) is 12.1 Å². The number of hydrogen-bond acceptors (Lipinski definition) is 4. The van der Waals surface area contributed by atoms with Gasteiger partial charge >= 0.3 is 5.97 Å². The first-order chi connectivity index (χ1) is 9.42. The minimum absolute atomic E-state index is 0.0987. The van der Waals surface area contributed by atoms with Crippen LogP contribution in [0.2, 0.25) is 0 Å². The van der Waals surface area contributed by atoms with Crippen LogP contribution in [0.15, 0.2) is 22.7 Å². The lowest BCUT2D eigenvalue weighted by Gasteiger charge is -2.31. The molecule has 20 heavy (non-hydrogen) atoms. The molecule has 0 atom stereocenters. The number of benzene rings is 1. The van der Waals surface area contributed by atoms with Crippen molar-refractivity contribution in [3.05, 3.63) is 28.2 Å². The van der Waals surface area contributed by atoms with Gasteiger partial charge in [-0.1, -0.05) is 0 Å². The Hall–Kier alpha value is -1.44. The van der Waals surface area contributed by atoms with E-state index in [0.29, 0.717) is 36.2 Å². The van der Waals surface area contributed by atoms with Gasteiger partial charge in [0.1, 0.15) is 5.54 Å². The maximum Gasteiger partial charge on any atom is 0.335 e. The molecule has 108 valence electrons. The zero-order valence-electron chi connectivity index (χ0n) is 10.7. The van der Waals surface area contributed by atoms with Crippen LogP contribution in [0.25, 0.3) is 0 Å². The number of amides is 1. The Morgan fingerprint density at radius 1 is 1.35 bits per heavy atom. The molecule has 0 bridgehead atoms. The van der Waals surface area contributed by atoms with E-state index in [9.17, 15) is 9.59 Å². The van der Waals surface area contributed by atoms with E-state index in [0.717, 1.165) is 0 Å². The van der Waals surface area contributed by atoms with E-state index in [-0.39, 0.29) is 11.5 Å². The average molecular weight is 343 g/mol. The summed E-state index contributed by atoms with van der Waals surface area (Å²) in [6.07, 6.45) is 0.879. The smallest absolute Gasteiger partial charge is 0.335 e. The fourth-order valence-corrected chi connectivity index (χ4v) is 2.31. The first kappa shape index (κ1) is 15.0. The summed E-state index contributed by atoms with van der Waals surface area (Å²) in [6, 6.07) is 4.42. The Balaban J connectivity index is 2.18.